The molecule has 0 aliphatic carbocycles. The summed E-state index contributed by atoms with van der Waals surface area (Å²) < 4.78 is 41.5. The van der Waals surface area contributed by atoms with Gasteiger partial charge in [0.15, 0.2) is 23.2 Å². The standard InChI is InChI=1S/C50H60F2N8O7/c1-29(2)22-31-7-10-33(11-8-31)48-57-28-38(45(59-48)47(51)52)41(62)27-35(15-17-54)50(65)60(4)46-34-12-14-44(67-21-19-56)37(26-34)36-24-32(9-13-43(36)66-20-18-55)25-39(40(61)6-5-16-53)58-49(64)30(3)23-42(46)63/h7-14,24,26,28-30,35,39,46-47H,5-6,15,17-23,25,27,54-56H2,1-4H3,(H,58,64)/t30-,35-,39+,46+/m1/s1. The SMILES string of the molecule is CC(C)Cc1ccc(-c2ncc(C(=O)C[C@@H](CCN)C(=O)N(C)[C@@H]3C(=O)C[C@@H](C)C(=O)N[C@H](C(=O)CCC#N)Cc4ccc(OCCN)c(c4)-c4cc3ccc4OCCN)c(C(F)F)n2)cc1. The van der Waals surface area contributed by atoms with Gasteiger partial charge < -0.3 is 36.9 Å². The maximum Gasteiger partial charge on any atom is 0.281 e. The van der Waals surface area contributed by atoms with Gasteiger partial charge in [0.2, 0.25) is 11.8 Å². The minimum absolute atomic E-state index is 0.0113. The average Bonchev–Trinajstić information content (AvgIpc) is 3.31. The van der Waals surface area contributed by atoms with Crippen LogP contribution in [0.1, 0.15) is 98.1 Å². The molecule has 0 saturated heterocycles. The number of hydrogen-bond donors (Lipinski definition) is 4. The van der Waals surface area contributed by atoms with Crippen molar-refractivity contribution in [2.24, 2.45) is 35.0 Å². The third kappa shape index (κ3) is 13.3. The molecule has 4 bridgehead atoms. The van der Waals surface area contributed by atoms with Gasteiger partial charge in [-0.1, -0.05) is 57.2 Å². The van der Waals surface area contributed by atoms with Gasteiger partial charge in [0.1, 0.15) is 36.4 Å². The number of nitrogens with zero attached hydrogens (tertiary/aromatic N) is 4. The summed E-state index contributed by atoms with van der Waals surface area (Å²) in [4.78, 5) is 80.2. The molecule has 0 saturated carbocycles. The summed E-state index contributed by atoms with van der Waals surface area (Å²) in [7, 11) is 1.39. The summed E-state index contributed by atoms with van der Waals surface area (Å²) >= 11 is 0. The number of nitriles is 1. The summed E-state index contributed by atoms with van der Waals surface area (Å²) in [5.74, 6) is -4.03. The van der Waals surface area contributed by atoms with E-state index in [-0.39, 0.29) is 76.6 Å². The highest BCUT2D eigenvalue weighted by Crippen LogP contribution is 2.41. The Hall–Kier alpha value is -6.48. The van der Waals surface area contributed by atoms with Crippen molar-refractivity contribution in [1.29, 1.82) is 5.26 Å². The number of Topliss-reactive ketones (excluding diaryl/α,β-unsaturated/α-hetero) is 3. The Kier molecular flexibility index (Phi) is 18.7. The highest BCUT2D eigenvalue weighted by Gasteiger charge is 2.37. The van der Waals surface area contributed by atoms with Crippen LogP contribution in [0.25, 0.3) is 22.5 Å². The number of amides is 2. The van der Waals surface area contributed by atoms with Crippen molar-refractivity contribution in [2.45, 2.75) is 84.2 Å². The van der Waals surface area contributed by atoms with Crippen molar-refractivity contribution in [3.05, 3.63) is 94.8 Å². The fraction of sp³-hybridized carbons (Fsp3) is 0.440. The van der Waals surface area contributed by atoms with Crippen LogP contribution in [-0.2, 0) is 32.0 Å². The molecule has 1 aromatic heterocycles. The molecular formula is C50H60F2N8O7. The molecule has 0 fully saturated rings. The lowest BCUT2D eigenvalue weighted by Crippen LogP contribution is -2.46. The van der Waals surface area contributed by atoms with Gasteiger partial charge in [-0.15, -0.1) is 0 Å². The highest BCUT2D eigenvalue weighted by atomic mass is 19.3. The zero-order valence-electron chi connectivity index (χ0n) is 38.4. The minimum Gasteiger partial charge on any atom is -0.492 e. The summed E-state index contributed by atoms with van der Waals surface area (Å²) in [6, 6.07) is 16.9. The van der Waals surface area contributed by atoms with Crippen molar-refractivity contribution in [3.63, 3.8) is 0 Å². The van der Waals surface area contributed by atoms with Gasteiger partial charge in [0.05, 0.1) is 17.7 Å². The van der Waals surface area contributed by atoms with Crippen LogP contribution in [0.5, 0.6) is 11.5 Å². The summed E-state index contributed by atoms with van der Waals surface area (Å²) in [5.41, 5.74) is 19.8. The van der Waals surface area contributed by atoms with Gasteiger partial charge in [-0.2, -0.15) is 5.26 Å². The van der Waals surface area contributed by atoms with E-state index >= 15 is 0 Å². The van der Waals surface area contributed by atoms with E-state index in [0.29, 0.717) is 45.2 Å². The topological polar surface area (TPSA) is 247 Å². The van der Waals surface area contributed by atoms with E-state index in [0.717, 1.165) is 18.2 Å². The van der Waals surface area contributed by atoms with E-state index < -0.39 is 71.4 Å². The molecule has 4 atom stereocenters. The zero-order valence-corrected chi connectivity index (χ0v) is 38.4. The van der Waals surface area contributed by atoms with Crippen LogP contribution in [0, 0.1) is 29.1 Å². The van der Waals surface area contributed by atoms with Crippen LogP contribution < -0.4 is 32.0 Å². The zero-order chi connectivity index (χ0) is 48.8. The van der Waals surface area contributed by atoms with Crippen LogP contribution in [0.3, 0.4) is 0 Å². The van der Waals surface area contributed by atoms with E-state index in [1.807, 2.05) is 18.2 Å². The molecule has 0 spiro atoms. The molecule has 356 valence electrons. The van der Waals surface area contributed by atoms with Crippen molar-refractivity contribution in [1.82, 2.24) is 20.2 Å². The first-order valence-electron chi connectivity index (χ1n) is 22.5. The number of ether oxygens (including phenoxy) is 2. The Bertz CT molecular complexity index is 2440. The minimum atomic E-state index is -3.15. The summed E-state index contributed by atoms with van der Waals surface area (Å²) in [6.45, 7) is 6.24. The smallest absolute Gasteiger partial charge is 0.281 e. The van der Waals surface area contributed by atoms with Crippen LogP contribution >= 0.6 is 0 Å². The maximum absolute atomic E-state index is 14.7. The number of hydrogen-bond acceptors (Lipinski definition) is 13. The van der Waals surface area contributed by atoms with Crippen LogP contribution in [0.2, 0.25) is 0 Å². The Morgan fingerprint density at radius 1 is 0.925 bits per heavy atom. The summed E-state index contributed by atoms with van der Waals surface area (Å²) in [6.07, 6.45) is -2.38. The molecule has 17 heteroatoms. The first-order chi connectivity index (χ1) is 32.1. The van der Waals surface area contributed by atoms with Crippen LogP contribution in [0.4, 0.5) is 8.78 Å². The number of ketones is 3. The number of benzene rings is 3. The molecule has 1 aliphatic rings. The van der Waals surface area contributed by atoms with E-state index in [4.69, 9.17) is 26.7 Å². The van der Waals surface area contributed by atoms with E-state index in [2.05, 4.69) is 29.1 Å². The van der Waals surface area contributed by atoms with Crippen molar-refractivity contribution >= 4 is 29.2 Å². The lowest BCUT2D eigenvalue weighted by molar-refractivity contribution is -0.142. The number of likely N-dealkylation sites (N-methyl/N-ethyl adjacent to an activating group) is 1. The van der Waals surface area contributed by atoms with Gasteiger partial charge in [-0.3, -0.25) is 24.0 Å². The molecule has 7 N–H and O–H groups in total. The van der Waals surface area contributed by atoms with Crippen LogP contribution in [0.15, 0.2) is 66.9 Å². The van der Waals surface area contributed by atoms with Crippen molar-refractivity contribution in [3.8, 4) is 40.1 Å². The third-order valence-corrected chi connectivity index (χ3v) is 11.5. The second kappa shape index (κ2) is 24.3. The molecule has 4 aromatic rings. The lowest BCUT2D eigenvalue weighted by Gasteiger charge is -2.32. The van der Waals surface area contributed by atoms with Gasteiger partial charge in [0.25, 0.3) is 6.43 Å². The van der Waals surface area contributed by atoms with Gasteiger partial charge >= 0.3 is 0 Å². The molecule has 0 unspecified atom stereocenters. The van der Waals surface area contributed by atoms with Gasteiger partial charge in [-0.05, 0) is 72.7 Å². The number of halogens is 2. The normalized spacial score (nSPS) is 16.7. The molecule has 67 heavy (non-hydrogen) atoms. The number of rotatable bonds is 20. The second-order valence-electron chi connectivity index (χ2n) is 17.2. The monoisotopic (exact) mass is 922 g/mol. The molecule has 3 aromatic carbocycles. The number of nitrogens with two attached hydrogens (primary N) is 3. The highest BCUT2D eigenvalue weighted by molar-refractivity contribution is 6.00. The number of carbonyl (C=O) groups excluding carboxylic acids is 5. The average molecular weight is 923 g/mol. The molecule has 5 rings (SSSR count). The Balaban J connectivity index is 1.57. The third-order valence-electron chi connectivity index (χ3n) is 11.5. The molecule has 2 heterocycles. The van der Waals surface area contributed by atoms with E-state index in [9.17, 15) is 38.0 Å². The molecule has 0 radical (unpaired) electrons. The predicted molar refractivity (Wildman–Crippen MR) is 248 cm³/mol. The Morgan fingerprint density at radius 3 is 2.19 bits per heavy atom. The lowest BCUT2D eigenvalue weighted by atomic mass is 9.88. The molecule has 2 amide bonds. The molecular weight excluding hydrogens is 863 g/mol. The number of alkyl halides is 2. The maximum atomic E-state index is 14.7. The largest absolute Gasteiger partial charge is 0.492 e. The molecule has 1 aliphatic heterocycles. The Morgan fingerprint density at radius 2 is 1.58 bits per heavy atom. The summed E-state index contributed by atoms with van der Waals surface area (Å²) in [5, 5.41) is 12.0. The fourth-order valence-electron chi connectivity index (χ4n) is 8.15. The van der Waals surface area contributed by atoms with Gasteiger partial charge in [-0.25, -0.2) is 18.7 Å². The van der Waals surface area contributed by atoms with E-state index in [1.54, 1.807) is 48.5 Å². The Labute approximate surface area is 389 Å². The predicted octanol–water partition coefficient (Wildman–Crippen LogP) is 5.87. The van der Waals surface area contributed by atoms with Gasteiger partial charge in [0, 0.05) is 80.5 Å². The van der Waals surface area contributed by atoms with Crippen molar-refractivity contribution in [2.75, 3.05) is 39.9 Å². The molecule has 15 nitrogen and oxygen atoms in total. The number of carbonyl (C=O) groups is 5. The first kappa shape index (κ1) is 51.5. The van der Waals surface area contributed by atoms with Crippen LogP contribution in [-0.4, -0.2) is 90.0 Å². The fourth-order valence-corrected chi connectivity index (χ4v) is 8.15. The van der Waals surface area contributed by atoms with Crippen molar-refractivity contribution < 1.29 is 42.2 Å². The first-order valence-corrected chi connectivity index (χ1v) is 22.5. The number of fused-ring (bicyclic) bond motifs is 5. The quantitative estimate of drug-likeness (QED) is 0.0759. The number of nitrogens with one attached hydrogen (secondary N) is 1. The van der Waals surface area contributed by atoms with E-state index in [1.165, 1.54) is 18.9 Å². The number of aromatic nitrogens is 2. The second-order valence-corrected chi connectivity index (χ2v) is 17.2.